The summed E-state index contributed by atoms with van der Waals surface area (Å²) in [7, 11) is -3.22. The molecule has 3 rings (SSSR count). The van der Waals surface area contributed by atoms with Gasteiger partial charge in [0, 0.05) is 17.2 Å². The second-order valence-electron chi connectivity index (χ2n) is 5.91. The van der Waals surface area contributed by atoms with Gasteiger partial charge in [0.15, 0.2) is 5.78 Å². The van der Waals surface area contributed by atoms with Crippen LogP contribution >= 0.6 is 0 Å². The highest BCUT2D eigenvalue weighted by Crippen LogP contribution is 2.36. The van der Waals surface area contributed by atoms with Crippen molar-refractivity contribution in [1.82, 2.24) is 4.72 Å². The maximum atomic E-state index is 12.2. The smallest absolute Gasteiger partial charge is 0.216 e. The molecule has 3 atom stereocenters. The Kier molecular flexibility index (Phi) is 3.75. The lowest BCUT2D eigenvalue weighted by molar-refractivity contribution is 0.101. The van der Waals surface area contributed by atoms with Gasteiger partial charge in [-0.15, -0.1) is 0 Å². The number of fused-ring (bicyclic) bond motifs is 1. The van der Waals surface area contributed by atoms with Crippen molar-refractivity contribution in [2.45, 2.75) is 44.0 Å². The Bertz CT molecular complexity index is 657. The molecule has 1 saturated carbocycles. The van der Waals surface area contributed by atoms with E-state index >= 15 is 0 Å². The molecule has 2 N–H and O–H groups in total. The van der Waals surface area contributed by atoms with Crippen molar-refractivity contribution in [3.8, 4) is 0 Å². The van der Waals surface area contributed by atoms with Gasteiger partial charge in [-0.3, -0.25) is 4.79 Å². The van der Waals surface area contributed by atoms with E-state index in [0.29, 0.717) is 5.56 Å². The molecular weight excluding hydrogens is 288 g/mol. The molecule has 0 bridgehead atoms. The number of carbonyl (C=O) groups excluding carboxylic acids is 1. The van der Waals surface area contributed by atoms with Gasteiger partial charge in [-0.05, 0) is 31.9 Å². The molecule has 21 heavy (non-hydrogen) atoms. The molecule has 1 aromatic carbocycles. The minimum Gasteiger partial charge on any atom is -0.369 e. The molecule has 114 valence electrons. The van der Waals surface area contributed by atoms with Gasteiger partial charge in [-0.2, -0.15) is 4.72 Å². The molecule has 3 unspecified atom stereocenters. The summed E-state index contributed by atoms with van der Waals surface area (Å²) in [5.41, 5.74) is 1.41. The first kappa shape index (κ1) is 14.5. The number of ketones is 1. The van der Waals surface area contributed by atoms with Crippen LogP contribution < -0.4 is 10.0 Å². The molecule has 2 fully saturated rings. The number of Topliss-reactive ketones (excluding diaryl/α,β-unsaturated/α-hetero) is 1. The molecule has 0 amide bonds. The predicted octanol–water partition coefficient (Wildman–Crippen LogP) is 2.12. The van der Waals surface area contributed by atoms with Crippen LogP contribution in [0.1, 0.15) is 43.0 Å². The number of nitrogens with one attached hydrogen (secondary N) is 2. The molecule has 2 aliphatic rings. The summed E-state index contributed by atoms with van der Waals surface area (Å²) in [6, 6.07) is 7.19. The molecule has 0 aromatic heterocycles. The summed E-state index contributed by atoms with van der Waals surface area (Å²) in [5.74, 6) is 0.103. The van der Waals surface area contributed by atoms with E-state index in [2.05, 4.69) is 10.0 Å². The number of anilines is 1. The predicted molar refractivity (Wildman–Crippen MR) is 81.7 cm³/mol. The fourth-order valence-corrected chi connectivity index (χ4v) is 5.38. The third-order valence-corrected chi connectivity index (χ3v) is 6.43. The summed E-state index contributed by atoms with van der Waals surface area (Å²) in [6.45, 7) is 1.52. The minimum atomic E-state index is -3.22. The highest BCUT2D eigenvalue weighted by molar-refractivity contribution is 7.90. The lowest BCUT2D eigenvalue weighted by Crippen LogP contribution is -2.37. The van der Waals surface area contributed by atoms with E-state index in [1.54, 1.807) is 18.2 Å². The molecular formula is C15H20N2O3S. The highest BCUT2D eigenvalue weighted by atomic mass is 32.2. The van der Waals surface area contributed by atoms with Crippen LogP contribution in [0.5, 0.6) is 0 Å². The Morgan fingerprint density at radius 2 is 2.05 bits per heavy atom. The number of sulfonamides is 1. The standard InChI is InChI=1S/C15H20N2O3S/c1-10(18)11-5-4-6-12(9-11)16-15-13-7-2-3-8-14(13)21(19,20)17-15/h4-6,9,13-17H,2-3,7-8H2,1H3. The summed E-state index contributed by atoms with van der Waals surface area (Å²) < 4.78 is 27.1. The number of rotatable bonds is 3. The van der Waals surface area contributed by atoms with E-state index < -0.39 is 10.0 Å². The zero-order valence-corrected chi connectivity index (χ0v) is 12.8. The Morgan fingerprint density at radius 3 is 2.81 bits per heavy atom. The molecule has 0 spiro atoms. The van der Waals surface area contributed by atoms with E-state index in [9.17, 15) is 13.2 Å². The van der Waals surface area contributed by atoms with Crippen LogP contribution in [0.15, 0.2) is 24.3 Å². The summed E-state index contributed by atoms with van der Waals surface area (Å²) in [4.78, 5) is 11.4. The third kappa shape index (κ3) is 2.82. The van der Waals surface area contributed by atoms with Gasteiger partial charge >= 0.3 is 0 Å². The van der Waals surface area contributed by atoms with Crippen LogP contribution in [0.4, 0.5) is 5.69 Å². The largest absolute Gasteiger partial charge is 0.369 e. The highest BCUT2D eigenvalue weighted by Gasteiger charge is 2.47. The number of hydrogen-bond donors (Lipinski definition) is 2. The quantitative estimate of drug-likeness (QED) is 0.839. The van der Waals surface area contributed by atoms with Gasteiger partial charge in [0.2, 0.25) is 10.0 Å². The zero-order valence-electron chi connectivity index (χ0n) is 12.0. The van der Waals surface area contributed by atoms with Crippen LogP contribution in [-0.4, -0.2) is 25.6 Å². The van der Waals surface area contributed by atoms with Crippen LogP contribution in [0, 0.1) is 5.92 Å². The third-order valence-electron chi connectivity index (χ3n) is 4.46. The average Bonchev–Trinajstić information content (AvgIpc) is 2.71. The van der Waals surface area contributed by atoms with Crippen molar-refractivity contribution >= 4 is 21.5 Å². The van der Waals surface area contributed by atoms with E-state index in [1.165, 1.54) is 6.92 Å². The molecule has 6 heteroatoms. The van der Waals surface area contributed by atoms with Gasteiger partial charge in [0.25, 0.3) is 0 Å². The SMILES string of the molecule is CC(=O)c1cccc(NC2NS(=O)(=O)C3CCCCC23)c1. The Hall–Kier alpha value is -1.40. The van der Waals surface area contributed by atoms with Crippen molar-refractivity contribution in [2.24, 2.45) is 5.92 Å². The van der Waals surface area contributed by atoms with Crippen molar-refractivity contribution in [2.75, 3.05) is 5.32 Å². The average molecular weight is 308 g/mol. The molecule has 1 aliphatic heterocycles. The summed E-state index contributed by atoms with van der Waals surface area (Å²) in [5, 5.41) is 2.97. The maximum absolute atomic E-state index is 12.2. The lowest BCUT2D eigenvalue weighted by Gasteiger charge is -2.27. The summed E-state index contributed by atoms with van der Waals surface area (Å²) >= 11 is 0. The fourth-order valence-electron chi connectivity index (χ4n) is 3.39. The van der Waals surface area contributed by atoms with Gasteiger partial charge in [0.1, 0.15) is 0 Å². The lowest BCUT2D eigenvalue weighted by atomic mass is 9.86. The molecule has 5 nitrogen and oxygen atoms in total. The van der Waals surface area contributed by atoms with Crippen molar-refractivity contribution in [3.05, 3.63) is 29.8 Å². The number of hydrogen-bond acceptors (Lipinski definition) is 4. The van der Waals surface area contributed by atoms with Crippen LogP contribution in [0.25, 0.3) is 0 Å². The monoisotopic (exact) mass is 308 g/mol. The van der Waals surface area contributed by atoms with E-state index in [4.69, 9.17) is 0 Å². The van der Waals surface area contributed by atoms with E-state index in [-0.39, 0.29) is 23.1 Å². The molecule has 0 radical (unpaired) electrons. The van der Waals surface area contributed by atoms with Gasteiger partial charge < -0.3 is 5.32 Å². The first-order valence-electron chi connectivity index (χ1n) is 7.36. The first-order chi connectivity index (χ1) is 9.97. The van der Waals surface area contributed by atoms with Crippen molar-refractivity contribution in [1.29, 1.82) is 0 Å². The Balaban J connectivity index is 1.81. The first-order valence-corrected chi connectivity index (χ1v) is 8.91. The van der Waals surface area contributed by atoms with Crippen molar-refractivity contribution < 1.29 is 13.2 Å². The van der Waals surface area contributed by atoms with Crippen LogP contribution in [-0.2, 0) is 10.0 Å². The van der Waals surface area contributed by atoms with E-state index in [1.807, 2.05) is 6.07 Å². The molecule has 1 aliphatic carbocycles. The zero-order chi connectivity index (χ0) is 15.0. The van der Waals surface area contributed by atoms with Crippen LogP contribution in [0.2, 0.25) is 0 Å². The van der Waals surface area contributed by atoms with Gasteiger partial charge in [-0.1, -0.05) is 25.0 Å². The number of benzene rings is 1. The van der Waals surface area contributed by atoms with Gasteiger partial charge in [0.05, 0.1) is 11.4 Å². The topological polar surface area (TPSA) is 75.3 Å². The van der Waals surface area contributed by atoms with Gasteiger partial charge in [-0.25, -0.2) is 8.42 Å². The maximum Gasteiger partial charge on any atom is 0.216 e. The molecule has 1 saturated heterocycles. The van der Waals surface area contributed by atoms with Crippen molar-refractivity contribution in [3.63, 3.8) is 0 Å². The molecule has 1 heterocycles. The Labute approximate surface area is 125 Å². The van der Waals surface area contributed by atoms with E-state index in [0.717, 1.165) is 31.4 Å². The summed E-state index contributed by atoms with van der Waals surface area (Å²) in [6.07, 6.45) is 3.44. The number of carbonyl (C=O) groups is 1. The Morgan fingerprint density at radius 1 is 1.29 bits per heavy atom. The normalized spacial score (nSPS) is 30.6. The second-order valence-corrected chi connectivity index (χ2v) is 7.84. The second kappa shape index (κ2) is 5.42. The molecule has 1 aromatic rings. The van der Waals surface area contributed by atoms with Crippen LogP contribution in [0.3, 0.4) is 0 Å². The fraction of sp³-hybridized carbons (Fsp3) is 0.533. The minimum absolute atomic E-state index is 0.00111.